The molecule has 3 aromatic rings. The van der Waals surface area contributed by atoms with E-state index < -0.39 is 17.7 Å². The Bertz CT molecular complexity index is 1190. The number of Topliss-reactive ketones (excluding diaryl/α,β-unsaturated/α-hetero) is 1. The van der Waals surface area contributed by atoms with Crippen molar-refractivity contribution in [1.29, 1.82) is 0 Å². The Morgan fingerprint density at radius 1 is 1.06 bits per heavy atom. The number of thiophene rings is 1. The molecule has 1 aliphatic heterocycles. The van der Waals surface area contributed by atoms with Crippen LogP contribution in [0, 0.1) is 6.92 Å². The average Bonchev–Trinajstić information content (AvgIpc) is 3.34. The van der Waals surface area contributed by atoms with Crippen LogP contribution in [0.2, 0.25) is 0 Å². The number of aliphatic hydroxyl groups is 1. The molecule has 1 unspecified atom stereocenters. The van der Waals surface area contributed by atoms with Crippen molar-refractivity contribution in [3.8, 4) is 0 Å². The first kappa shape index (κ1) is 22.2. The highest BCUT2D eigenvalue weighted by atomic mass is 32.1. The molecule has 2 aromatic carbocycles. The Morgan fingerprint density at radius 2 is 1.78 bits per heavy atom. The molecule has 1 amide bonds. The number of aliphatic hydroxyl groups excluding tert-OH is 1. The third-order valence-corrected chi connectivity index (χ3v) is 7.36. The van der Waals surface area contributed by atoms with Gasteiger partial charge in [-0.25, -0.2) is 0 Å². The van der Waals surface area contributed by atoms with Crippen molar-refractivity contribution in [1.82, 2.24) is 9.80 Å². The van der Waals surface area contributed by atoms with Crippen molar-refractivity contribution in [2.75, 3.05) is 26.2 Å². The van der Waals surface area contributed by atoms with Crippen LogP contribution in [0.3, 0.4) is 0 Å². The maximum absolute atomic E-state index is 13.2. The van der Waals surface area contributed by atoms with E-state index in [4.69, 9.17) is 0 Å². The van der Waals surface area contributed by atoms with Gasteiger partial charge >= 0.3 is 0 Å². The minimum Gasteiger partial charge on any atom is -0.507 e. The highest BCUT2D eigenvalue weighted by Crippen LogP contribution is 2.43. The molecule has 1 atom stereocenters. The Hall–Kier alpha value is -2.96. The van der Waals surface area contributed by atoms with E-state index in [0.29, 0.717) is 18.7 Å². The third kappa shape index (κ3) is 3.85. The zero-order valence-corrected chi connectivity index (χ0v) is 19.5. The highest BCUT2D eigenvalue weighted by molar-refractivity contribution is 7.10. The van der Waals surface area contributed by atoms with E-state index in [1.54, 1.807) is 11.0 Å². The highest BCUT2D eigenvalue weighted by Gasteiger charge is 2.47. The van der Waals surface area contributed by atoms with Crippen LogP contribution in [-0.2, 0) is 9.59 Å². The largest absolute Gasteiger partial charge is 0.507 e. The summed E-state index contributed by atoms with van der Waals surface area (Å²) in [4.78, 5) is 31.2. The van der Waals surface area contributed by atoms with Gasteiger partial charge < -0.3 is 14.9 Å². The second kappa shape index (κ2) is 9.27. The van der Waals surface area contributed by atoms with Crippen LogP contribution in [0.15, 0.2) is 59.5 Å². The summed E-state index contributed by atoms with van der Waals surface area (Å²) in [5.74, 6) is -1.27. The van der Waals surface area contributed by atoms with Crippen molar-refractivity contribution in [3.63, 3.8) is 0 Å². The van der Waals surface area contributed by atoms with Crippen LogP contribution in [-0.4, -0.2) is 52.8 Å². The first-order chi connectivity index (χ1) is 15.5. The van der Waals surface area contributed by atoms with Gasteiger partial charge in [0.05, 0.1) is 11.6 Å². The Labute approximate surface area is 192 Å². The van der Waals surface area contributed by atoms with Crippen LogP contribution in [0.25, 0.3) is 16.5 Å². The van der Waals surface area contributed by atoms with Gasteiger partial charge in [-0.1, -0.05) is 56.3 Å². The lowest BCUT2D eigenvalue weighted by molar-refractivity contribution is -0.140. The predicted molar refractivity (Wildman–Crippen MR) is 130 cm³/mol. The minimum absolute atomic E-state index is 0.108. The number of ketones is 1. The number of benzene rings is 2. The maximum Gasteiger partial charge on any atom is 0.295 e. The molecule has 6 heteroatoms. The number of hydrogen-bond donors (Lipinski definition) is 1. The fourth-order valence-corrected chi connectivity index (χ4v) is 5.46. The molecule has 166 valence electrons. The summed E-state index contributed by atoms with van der Waals surface area (Å²) in [5.41, 5.74) is 1.76. The molecular weight excluding hydrogens is 420 g/mol. The molecule has 0 radical (unpaired) electrons. The molecule has 0 bridgehead atoms. The van der Waals surface area contributed by atoms with Crippen LogP contribution in [0.1, 0.15) is 35.9 Å². The van der Waals surface area contributed by atoms with Gasteiger partial charge in [-0.15, -0.1) is 11.3 Å². The molecular formula is C26H28N2O3S. The quantitative estimate of drug-likeness (QED) is 0.315. The summed E-state index contributed by atoms with van der Waals surface area (Å²) < 4.78 is 0. The molecule has 1 saturated heterocycles. The summed E-state index contributed by atoms with van der Waals surface area (Å²) in [5, 5.41) is 15.2. The van der Waals surface area contributed by atoms with Gasteiger partial charge in [0.15, 0.2) is 0 Å². The molecule has 1 aromatic heterocycles. The third-order valence-electron chi connectivity index (χ3n) is 6.29. The van der Waals surface area contributed by atoms with Crippen LogP contribution in [0.5, 0.6) is 0 Å². The van der Waals surface area contributed by atoms with E-state index in [2.05, 4.69) is 18.7 Å². The van der Waals surface area contributed by atoms with Gasteiger partial charge in [0.25, 0.3) is 11.7 Å². The summed E-state index contributed by atoms with van der Waals surface area (Å²) in [6, 6.07) is 14.8. The van der Waals surface area contributed by atoms with Crippen molar-refractivity contribution in [2.24, 2.45) is 0 Å². The fraction of sp³-hybridized carbons (Fsp3) is 0.308. The van der Waals surface area contributed by atoms with Gasteiger partial charge in [0.1, 0.15) is 5.76 Å². The number of amides is 1. The first-order valence-electron chi connectivity index (χ1n) is 11.0. The minimum atomic E-state index is -0.618. The smallest absolute Gasteiger partial charge is 0.295 e. The van der Waals surface area contributed by atoms with Crippen molar-refractivity contribution in [3.05, 3.63) is 75.5 Å². The zero-order chi connectivity index (χ0) is 22.8. The fourth-order valence-electron chi connectivity index (χ4n) is 4.41. The van der Waals surface area contributed by atoms with Gasteiger partial charge in [0.2, 0.25) is 0 Å². The molecule has 4 rings (SSSR count). The number of hydrogen-bond acceptors (Lipinski definition) is 5. The molecule has 0 saturated carbocycles. The van der Waals surface area contributed by atoms with Crippen molar-refractivity contribution >= 4 is 39.6 Å². The first-order valence-corrected chi connectivity index (χ1v) is 11.9. The van der Waals surface area contributed by atoms with E-state index >= 15 is 0 Å². The SMILES string of the molecule is CCN(CC)CCN1C(=O)C(=O)/C(=C(/O)c2cccc3ccccc23)C1c1sccc1C. The lowest BCUT2D eigenvalue weighted by Gasteiger charge is -2.27. The summed E-state index contributed by atoms with van der Waals surface area (Å²) in [6.07, 6.45) is 0. The number of aryl methyl sites for hydroxylation is 1. The number of nitrogens with zero attached hydrogens (tertiary/aromatic N) is 2. The number of fused-ring (bicyclic) bond motifs is 1. The number of rotatable bonds is 7. The van der Waals surface area contributed by atoms with Gasteiger partial charge in [-0.05, 0) is 47.8 Å². The van der Waals surface area contributed by atoms with Crippen LogP contribution in [0.4, 0.5) is 0 Å². The zero-order valence-electron chi connectivity index (χ0n) is 18.7. The summed E-state index contributed by atoms with van der Waals surface area (Å²) in [6.45, 7) is 9.00. The number of carbonyl (C=O) groups is 2. The molecule has 32 heavy (non-hydrogen) atoms. The molecule has 1 N–H and O–H groups in total. The standard InChI is InChI=1S/C26H28N2O3S/c1-4-27(5-2)14-15-28-22(25-17(3)13-16-32-25)21(24(30)26(28)31)23(29)20-12-8-10-18-9-6-7-11-19(18)20/h6-13,16,22,29H,4-5,14-15H2,1-3H3/b23-21+. The van der Waals surface area contributed by atoms with Crippen molar-refractivity contribution < 1.29 is 14.7 Å². The van der Waals surface area contributed by atoms with E-state index in [1.807, 2.05) is 54.8 Å². The van der Waals surface area contributed by atoms with Gasteiger partial charge in [-0.3, -0.25) is 9.59 Å². The van der Waals surface area contributed by atoms with E-state index in [0.717, 1.165) is 34.3 Å². The Balaban J connectivity index is 1.86. The number of likely N-dealkylation sites (tertiary alicyclic amines) is 1. The summed E-state index contributed by atoms with van der Waals surface area (Å²) >= 11 is 1.52. The molecule has 0 spiro atoms. The molecule has 0 aliphatic carbocycles. The molecule has 2 heterocycles. The second-order valence-corrected chi connectivity index (χ2v) is 8.96. The topological polar surface area (TPSA) is 60.9 Å². The number of carbonyl (C=O) groups excluding carboxylic acids is 2. The monoisotopic (exact) mass is 448 g/mol. The second-order valence-electron chi connectivity index (χ2n) is 8.01. The predicted octanol–water partition coefficient (Wildman–Crippen LogP) is 4.97. The molecule has 1 fully saturated rings. The van der Waals surface area contributed by atoms with Gasteiger partial charge in [-0.2, -0.15) is 0 Å². The van der Waals surface area contributed by atoms with Crippen LogP contribution >= 0.6 is 11.3 Å². The summed E-state index contributed by atoms with van der Waals surface area (Å²) in [7, 11) is 0. The molecule has 5 nitrogen and oxygen atoms in total. The Morgan fingerprint density at radius 3 is 2.47 bits per heavy atom. The van der Waals surface area contributed by atoms with E-state index in [9.17, 15) is 14.7 Å². The van der Waals surface area contributed by atoms with Crippen molar-refractivity contribution in [2.45, 2.75) is 26.8 Å². The van der Waals surface area contributed by atoms with Crippen LogP contribution < -0.4 is 0 Å². The number of likely N-dealkylation sites (N-methyl/N-ethyl adjacent to an activating group) is 1. The van der Waals surface area contributed by atoms with E-state index in [1.165, 1.54) is 11.3 Å². The maximum atomic E-state index is 13.2. The normalized spacial score (nSPS) is 18.2. The lowest BCUT2D eigenvalue weighted by atomic mass is 9.95. The lowest BCUT2D eigenvalue weighted by Crippen LogP contribution is -2.37. The molecule has 1 aliphatic rings. The Kier molecular flexibility index (Phi) is 6.44. The van der Waals surface area contributed by atoms with E-state index in [-0.39, 0.29) is 11.3 Å². The van der Waals surface area contributed by atoms with Gasteiger partial charge in [0, 0.05) is 23.5 Å². The average molecular weight is 449 g/mol.